The van der Waals surface area contributed by atoms with Crippen molar-refractivity contribution in [2.24, 2.45) is 0 Å². The van der Waals surface area contributed by atoms with Gasteiger partial charge >= 0.3 is 0 Å². The van der Waals surface area contributed by atoms with Crippen molar-refractivity contribution in [1.29, 1.82) is 0 Å². The third-order valence-electron chi connectivity index (χ3n) is 3.21. The average molecular weight is 310 g/mol. The van der Waals surface area contributed by atoms with Gasteiger partial charge < -0.3 is 5.32 Å². The van der Waals surface area contributed by atoms with Gasteiger partial charge in [0, 0.05) is 28.9 Å². The van der Waals surface area contributed by atoms with E-state index < -0.39 is 11.6 Å². The highest BCUT2D eigenvalue weighted by Crippen LogP contribution is 2.26. The molecule has 0 amide bonds. The number of thiazole rings is 1. The van der Waals surface area contributed by atoms with Crippen molar-refractivity contribution in [3.8, 4) is 0 Å². The van der Waals surface area contributed by atoms with Crippen molar-refractivity contribution < 1.29 is 8.78 Å². The van der Waals surface area contributed by atoms with Gasteiger partial charge in [0.25, 0.3) is 0 Å². The Labute approximate surface area is 128 Å². The highest BCUT2D eigenvalue weighted by atomic mass is 32.1. The lowest BCUT2D eigenvalue weighted by molar-refractivity contribution is 0.514. The molecule has 114 valence electrons. The van der Waals surface area contributed by atoms with E-state index in [0.29, 0.717) is 12.1 Å². The van der Waals surface area contributed by atoms with Gasteiger partial charge in [-0.25, -0.2) is 13.8 Å². The van der Waals surface area contributed by atoms with Gasteiger partial charge in [-0.05, 0) is 25.1 Å². The number of hydrogen-bond acceptors (Lipinski definition) is 3. The number of nitrogens with zero attached hydrogens (tertiary/aromatic N) is 1. The number of benzene rings is 1. The largest absolute Gasteiger partial charge is 0.304 e. The number of nitrogens with one attached hydrogen (secondary N) is 1. The molecule has 0 spiro atoms. The van der Waals surface area contributed by atoms with Crippen LogP contribution in [-0.2, 0) is 12.0 Å². The zero-order valence-electron chi connectivity index (χ0n) is 12.7. The third-order valence-corrected chi connectivity index (χ3v) is 4.52. The van der Waals surface area contributed by atoms with Crippen molar-refractivity contribution in [3.63, 3.8) is 0 Å². The summed E-state index contributed by atoms with van der Waals surface area (Å²) in [4.78, 5) is 4.58. The Morgan fingerprint density at radius 1 is 1.29 bits per heavy atom. The van der Waals surface area contributed by atoms with Crippen LogP contribution < -0.4 is 5.32 Å². The number of aromatic nitrogens is 1. The van der Waals surface area contributed by atoms with Gasteiger partial charge in [0.15, 0.2) is 0 Å². The first kappa shape index (κ1) is 16.0. The summed E-state index contributed by atoms with van der Waals surface area (Å²) >= 11 is 1.62. The molecule has 1 atom stereocenters. The zero-order chi connectivity index (χ0) is 15.6. The summed E-state index contributed by atoms with van der Waals surface area (Å²) in [5.41, 5.74) is 1.29. The second kappa shape index (κ2) is 6.20. The quantitative estimate of drug-likeness (QED) is 0.895. The van der Waals surface area contributed by atoms with E-state index in [1.165, 1.54) is 6.07 Å². The van der Waals surface area contributed by atoms with Crippen LogP contribution in [0.5, 0.6) is 0 Å². The van der Waals surface area contributed by atoms with Gasteiger partial charge in [-0.15, -0.1) is 11.3 Å². The standard InChI is InChI=1S/C16H20F2N2S/c1-10(13-7-11(17)5-6-14(13)18)19-8-12-9-21-15(20-12)16(2,3)4/h5-7,9-10,19H,8H2,1-4H3. The van der Waals surface area contributed by atoms with Crippen LogP contribution in [0.25, 0.3) is 0 Å². The topological polar surface area (TPSA) is 24.9 Å². The second-order valence-corrected chi connectivity index (χ2v) is 7.02. The van der Waals surface area contributed by atoms with Crippen LogP contribution in [0.15, 0.2) is 23.6 Å². The lowest BCUT2D eigenvalue weighted by Gasteiger charge is -2.15. The first-order chi connectivity index (χ1) is 9.77. The van der Waals surface area contributed by atoms with Gasteiger partial charge in [-0.2, -0.15) is 0 Å². The van der Waals surface area contributed by atoms with Crippen LogP contribution in [-0.4, -0.2) is 4.98 Å². The van der Waals surface area contributed by atoms with Gasteiger partial charge in [-0.3, -0.25) is 0 Å². The fourth-order valence-corrected chi connectivity index (χ4v) is 2.85. The van der Waals surface area contributed by atoms with Crippen LogP contribution in [0.4, 0.5) is 8.78 Å². The SMILES string of the molecule is CC(NCc1csc(C(C)(C)C)n1)c1cc(F)ccc1F. The van der Waals surface area contributed by atoms with E-state index in [0.717, 1.165) is 22.8 Å². The Hall–Kier alpha value is -1.33. The Morgan fingerprint density at radius 3 is 2.62 bits per heavy atom. The van der Waals surface area contributed by atoms with Gasteiger partial charge in [0.2, 0.25) is 0 Å². The fraction of sp³-hybridized carbons (Fsp3) is 0.438. The lowest BCUT2D eigenvalue weighted by atomic mass is 9.98. The molecule has 1 heterocycles. The van der Waals surface area contributed by atoms with Crippen molar-refractivity contribution in [2.75, 3.05) is 0 Å². The molecule has 2 aromatic rings. The fourth-order valence-electron chi connectivity index (χ4n) is 1.95. The van der Waals surface area contributed by atoms with E-state index in [1.807, 2.05) is 12.3 Å². The highest BCUT2D eigenvalue weighted by Gasteiger charge is 2.18. The monoisotopic (exact) mass is 310 g/mol. The highest BCUT2D eigenvalue weighted by molar-refractivity contribution is 7.09. The summed E-state index contributed by atoms with van der Waals surface area (Å²) in [7, 11) is 0. The van der Waals surface area contributed by atoms with Crippen LogP contribution in [0.1, 0.15) is 50.0 Å². The van der Waals surface area contributed by atoms with E-state index in [1.54, 1.807) is 11.3 Å². The van der Waals surface area contributed by atoms with Crippen LogP contribution >= 0.6 is 11.3 Å². The molecule has 1 unspecified atom stereocenters. The molecule has 1 aromatic carbocycles. The van der Waals surface area contributed by atoms with Crippen molar-refractivity contribution in [3.05, 3.63) is 51.5 Å². The summed E-state index contributed by atoms with van der Waals surface area (Å²) in [6.45, 7) is 8.70. The minimum Gasteiger partial charge on any atom is -0.304 e. The molecule has 0 aliphatic rings. The Balaban J connectivity index is 2.02. The predicted molar refractivity (Wildman–Crippen MR) is 82.4 cm³/mol. The summed E-state index contributed by atoms with van der Waals surface area (Å²) in [6.07, 6.45) is 0. The maximum Gasteiger partial charge on any atom is 0.128 e. The van der Waals surface area contributed by atoms with Gasteiger partial charge in [-0.1, -0.05) is 20.8 Å². The Bertz CT molecular complexity index is 617. The Kier molecular flexibility index (Phi) is 4.74. The molecule has 1 aromatic heterocycles. The smallest absolute Gasteiger partial charge is 0.128 e. The summed E-state index contributed by atoms with van der Waals surface area (Å²) < 4.78 is 26.9. The maximum atomic E-state index is 13.7. The minimum atomic E-state index is -0.427. The second-order valence-electron chi connectivity index (χ2n) is 6.16. The molecule has 0 saturated heterocycles. The zero-order valence-corrected chi connectivity index (χ0v) is 13.5. The molecule has 21 heavy (non-hydrogen) atoms. The molecule has 0 aliphatic heterocycles. The molecular weight excluding hydrogens is 290 g/mol. The normalized spacial score (nSPS) is 13.4. The number of hydrogen-bond donors (Lipinski definition) is 1. The summed E-state index contributed by atoms with van der Waals surface area (Å²) in [5.74, 6) is -0.825. The van der Waals surface area contributed by atoms with E-state index >= 15 is 0 Å². The minimum absolute atomic E-state index is 0.0310. The molecular formula is C16H20F2N2S. The van der Waals surface area contributed by atoms with Crippen molar-refractivity contribution in [1.82, 2.24) is 10.3 Å². The molecule has 0 saturated carbocycles. The Morgan fingerprint density at radius 2 is 2.00 bits per heavy atom. The summed E-state index contributed by atoms with van der Waals surface area (Å²) in [6, 6.07) is 3.24. The first-order valence-corrected chi connectivity index (χ1v) is 7.78. The van der Waals surface area contributed by atoms with Crippen molar-refractivity contribution in [2.45, 2.75) is 45.7 Å². The van der Waals surface area contributed by atoms with Crippen LogP contribution in [0.2, 0.25) is 0 Å². The first-order valence-electron chi connectivity index (χ1n) is 6.90. The molecule has 2 nitrogen and oxygen atoms in total. The molecule has 0 fully saturated rings. The summed E-state index contributed by atoms with van der Waals surface area (Å²) in [5, 5.41) is 6.26. The molecule has 1 N–H and O–H groups in total. The predicted octanol–water partition coefficient (Wildman–Crippen LogP) is 4.57. The van der Waals surface area contributed by atoms with Crippen LogP contribution in [0.3, 0.4) is 0 Å². The molecule has 0 bridgehead atoms. The molecule has 0 radical (unpaired) electrons. The van der Waals surface area contributed by atoms with Gasteiger partial charge in [0.1, 0.15) is 11.6 Å². The molecule has 2 rings (SSSR count). The lowest BCUT2D eigenvalue weighted by Crippen LogP contribution is -2.20. The number of rotatable bonds is 4. The van der Waals surface area contributed by atoms with Crippen LogP contribution in [0, 0.1) is 11.6 Å². The molecule has 5 heteroatoms. The van der Waals surface area contributed by atoms with E-state index in [4.69, 9.17) is 0 Å². The van der Waals surface area contributed by atoms with Gasteiger partial charge in [0.05, 0.1) is 10.7 Å². The van der Waals surface area contributed by atoms with E-state index in [-0.39, 0.29) is 11.5 Å². The van der Waals surface area contributed by atoms with E-state index in [9.17, 15) is 8.78 Å². The maximum absolute atomic E-state index is 13.7. The average Bonchev–Trinajstić information content (AvgIpc) is 2.87. The van der Waals surface area contributed by atoms with E-state index in [2.05, 4.69) is 31.1 Å². The molecule has 0 aliphatic carbocycles. The number of halogens is 2. The third kappa shape index (κ3) is 4.08. The van der Waals surface area contributed by atoms with Crippen molar-refractivity contribution >= 4 is 11.3 Å².